The van der Waals surface area contributed by atoms with Crippen molar-refractivity contribution in [2.75, 3.05) is 37.6 Å². The predicted molar refractivity (Wildman–Crippen MR) is 182 cm³/mol. The van der Waals surface area contributed by atoms with Crippen molar-refractivity contribution in [1.29, 1.82) is 0 Å². The van der Waals surface area contributed by atoms with Crippen LogP contribution >= 0.6 is 0 Å². The lowest BCUT2D eigenvalue weighted by Gasteiger charge is -2.37. The number of anilines is 1. The van der Waals surface area contributed by atoms with Gasteiger partial charge in [0, 0.05) is 76.7 Å². The molecule has 2 saturated heterocycles. The van der Waals surface area contributed by atoms with Gasteiger partial charge >= 0.3 is 12.3 Å². The number of nitrogens with zero attached hydrogens (tertiary/aromatic N) is 7. The Balaban J connectivity index is 1.34. The number of aromatic nitrogens is 5. The van der Waals surface area contributed by atoms with Crippen molar-refractivity contribution < 1.29 is 41.1 Å². The van der Waals surface area contributed by atoms with E-state index in [0.717, 1.165) is 0 Å². The number of carbonyl (C=O) groups is 3. The molecule has 3 fully saturated rings. The molecule has 6 rings (SSSR count). The zero-order valence-corrected chi connectivity index (χ0v) is 30.3. The molecule has 3 aromatic rings. The van der Waals surface area contributed by atoms with E-state index in [1.165, 1.54) is 15.4 Å². The molecule has 2 aliphatic heterocycles. The summed E-state index contributed by atoms with van der Waals surface area (Å²) in [5.74, 6) is -6.83. The minimum absolute atomic E-state index is 0.0949. The van der Waals surface area contributed by atoms with E-state index in [-0.39, 0.29) is 38.0 Å². The number of piperidine rings is 1. The average Bonchev–Trinajstić information content (AvgIpc) is 3.74. The molecule has 290 valence electrons. The van der Waals surface area contributed by atoms with Crippen LogP contribution in [-0.2, 0) is 22.5 Å². The van der Waals surface area contributed by atoms with Gasteiger partial charge in [0.15, 0.2) is 5.65 Å². The third-order valence-electron chi connectivity index (χ3n) is 10.2. The van der Waals surface area contributed by atoms with Gasteiger partial charge in [-0.05, 0) is 58.9 Å². The van der Waals surface area contributed by atoms with Crippen molar-refractivity contribution in [3.05, 3.63) is 41.6 Å². The molecular formula is C35H46F5N9O4. The van der Waals surface area contributed by atoms with E-state index in [2.05, 4.69) is 15.7 Å². The number of carbonyl (C=O) groups excluding carboxylic acids is 3. The lowest BCUT2D eigenvalue weighted by Crippen LogP contribution is -2.50. The standard InChI is InChI=1S/C35H46F5N9O4/c1-5-48-26(8-11-42-48)31(51)44-29(21-6-9-34(36,37)10-7-21)25-20-49-28(43-25)18-27(46-12-14-47(15-13-46)32(52)53-33(2,3)4)24(45-49)17-22-16-23(35(38,39)40)19-41-30(22)50/h8,11,18,20-23,29H,5-7,9-10,12-17,19H2,1-4H3,(H,41,50)(H,44,51)/t22-,23-,29+/m1/s1. The molecule has 0 aromatic carbocycles. The molecule has 0 bridgehead atoms. The summed E-state index contributed by atoms with van der Waals surface area (Å²) in [6, 6.07) is 2.54. The SMILES string of the molecule is CCn1nccc1C(=O)N[C@H](c1cn2nc(C[C@H]3C[C@@H](C(F)(F)F)CNC3=O)c(N3CCN(C(=O)OC(C)(C)C)CC3)cc2n1)C1CCC(F)(F)CC1. The number of hydrogen-bond donors (Lipinski definition) is 2. The Hall–Kier alpha value is -4.51. The number of aryl methyl sites for hydroxylation is 1. The number of amides is 3. The quantitative estimate of drug-likeness (QED) is 0.302. The number of piperazine rings is 1. The molecule has 0 unspecified atom stereocenters. The van der Waals surface area contributed by atoms with Gasteiger partial charge in [-0.1, -0.05) is 0 Å². The number of alkyl halides is 5. The van der Waals surface area contributed by atoms with Gasteiger partial charge in [-0.2, -0.15) is 23.4 Å². The van der Waals surface area contributed by atoms with Crippen LogP contribution in [0.25, 0.3) is 5.65 Å². The minimum atomic E-state index is -4.49. The van der Waals surface area contributed by atoms with Crippen LogP contribution in [-0.4, -0.2) is 97.6 Å². The molecule has 3 amide bonds. The Morgan fingerprint density at radius 1 is 1.11 bits per heavy atom. The van der Waals surface area contributed by atoms with Crippen molar-refractivity contribution >= 4 is 29.2 Å². The van der Waals surface area contributed by atoms with Crippen LogP contribution in [0.4, 0.5) is 32.4 Å². The van der Waals surface area contributed by atoms with Gasteiger partial charge in [0.25, 0.3) is 5.91 Å². The Kier molecular flexibility index (Phi) is 10.6. The summed E-state index contributed by atoms with van der Waals surface area (Å²) in [5.41, 5.74) is 1.27. The van der Waals surface area contributed by atoms with Crippen LogP contribution in [0.3, 0.4) is 0 Å². The lowest BCUT2D eigenvalue weighted by molar-refractivity contribution is -0.183. The minimum Gasteiger partial charge on any atom is -0.444 e. The van der Waals surface area contributed by atoms with Gasteiger partial charge in [0.1, 0.15) is 11.3 Å². The normalized spacial score (nSPS) is 22.1. The summed E-state index contributed by atoms with van der Waals surface area (Å²) in [5, 5.41) is 14.4. The molecule has 53 heavy (non-hydrogen) atoms. The van der Waals surface area contributed by atoms with Crippen LogP contribution in [0.2, 0.25) is 0 Å². The Bertz CT molecular complexity index is 1800. The molecule has 0 radical (unpaired) electrons. The molecule has 3 atom stereocenters. The van der Waals surface area contributed by atoms with Crippen LogP contribution < -0.4 is 15.5 Å². The highest BCUT2D eigenvalue weighted by atomic mass is 19.4. The first-order valence-corrected chi connectivity index (χ1v) is 18.1. The summed E-state index contributed by atoms with van der Waals surface area (Å²) >= 11 is 0. The Labute approximate surface area is 303 Å². The molecule has 18 heteroatoms. The topological polar surface area (TPSA) is 139 Å². The predicted octanol–water partition coefficient (Wildman–Crippen LogP) is 5.16. The highest BCUT2D eigenvalue weighted by molar-refractivity contribution is 5.92. The monoisotopic (exact) mass is 751 g/mol. The lowest BCUT2D eigenvalue weighted by atomic mass is 9.81. The summed E-state index contributed by atoms with van der Waals surface area (Å²) in [6.45, 7) is 8.41. The van der Waals surface area contributed by atoms with Gasteiger partial charge in [-0.3, -0.25) is 14.3 Å². The summed E-state index contributed by atoms with van der Waals surface area (Å²) in [6.07, 6.45) is -2.74. The number of nitrogens with one attached hydrogen (secondary N) is 2. The molecule has 2 N–H and O–H groups in total. The van der Waals surface area contributed by atoms with E-state index in [0.29, 0.717) is 61.1 Å². The molecule has 13 nitrogen and oxygen atoms in total. The van der Waals surface area contributed by atoms with Gasteiger partial charge in [0.2, 0.25) is 11.8 Å². The first kappa shape index (κ1) is 38.2. The van der Waals surface area contributed by atoms with Gasteiger partial charge in [-0.15, -0.1) is 0 Å². The second-order valence-electron chi connectivity index (χ2n) is 15.2. The van der Waals surface area contributed by atoms with Crippen molar-refractivity contribution in [3.63, 3.8) is 0 Å². The van der Waals surface area contributed by atoms with E-state index in [9.17, 15) is 36.3 Å². The summed E-state index contributed by atoms with van der Waals surface area (Å²) < 4.78 is 78.3. The van der Waals surface area contributed by atoms with Gasteiger partial charge in [0.05, 0.1) is 35.2 Å². The first-order chi connectivity index (χ1) is 24.9. The second-order valence-corrected chi connectivity index (χ2v) is 15.2. The third-order valence-corrected chi connectivity index (χ3v) is 10.2. The molecule has 1 saturated carbocycles. The fraction of sp³-hybridized carbons (Fsp3) is 0.657. The fourth-order valence-electron chi connectivity index (χ4n) is 7.38. The average molecular weight is 752 g/mol. The van der Waals surface area contributed by atoms with E-state index in [1.54, 1.807) is 44.0 Å². The van der Waals surface area contributed by atoms with E-state index >= 15 is 0 Å². The third kappa shape index (κ3) is 8.83. The maximum atomic E-state index is 14.3. The molecule has 3 aliphatic rings. The number of hydrogen-bond acceptors (Lipinski definition) is 8. The maximum absolute atomic E-state index is 14.3. The first-order valence-electron chi connectivity index (χ1n) is 18.1. The Morgan fingerprint density at radius 2 is 1.81 bits per heavy atom. The van der Waals surface area contributed by atoms with Gasteiger partial charge in [-0.25, -0.2) is 23.1 Å². The molecule has 5 heterocycles. The van der Waals surface area contributed by atoms with E-state index in [4.69, 9.17) is 14.8 Å². The largest absolute Gasteiger partial charge is 0.444 e. The van der Waals surface area contributed by atoms with E-state index in [1.807, 2.05) is 11.8 Å². The number of ether oxygens (including phenoxy) is 1. The highest BCUT2D eigenvalue weighted by Crippen LogP contribution is 2.42. The van der Waals surface area contributed by atoms with Crippen molar-refractivity contribution in [1.82, 2.24) is 39.9 Å². The van der Waals surface area contributed by atoms with Crippen LogP contribution in [0.1, 0.15) is 87.7 Å². The van der Waals surface area contributed by atoms with Crippen LogP contribution in [0.15, 0.2) is 24.5 Å². The zero-order valence-electron chi connectivity index (χ0n) is 30.3. The highest BCUT2D eigenvalue weighted by Gasteiger charge is 2.45. The number of fused-ring (bicyclic) bond motifs is 1. The molecule has 3 aromatic heterocycles. The number of halogens is 5. The van der Waals surface area contributed by atoms with Crippen molar-refractivity contribution in [3.8, 4) is 0 Å². The number of rotatable bonds is 8. The molecule has 0 spiro atoms. The van der Waals surface area contributed by atoms with Crippen LogP contribution in [0.5, 0.6) is 0 Å². The van der Waals surface area contributed by atoms with Crippen molar-refractivity contribution in [2.24, 2.45) is 17.8 Å². The summed E-state index contributed by atoms with van der Waals surface area (Å²) in [7, 11) is 0. The Morgan fingerprint density at radius 3 is 2.45 bits per heavy atom. The van der Waals surface area contributed by atoms with Crippen LogP contribution in [0, 0.1) is 17.8 Å². The van der Waals surface area contributed by atoms with E-state index < -0.39 is 66.5 Å². The maximum Gasteiger partial charge on any atom is 0.410 e. The summed E-state index contributed by atoms with van der Waals surface area (Å²) in [4.78, 5) is 47.6. The zero-order chi connectivity index (χ0) is 38.3. The smallest absolute Gasteiger partial charge is 0.410 e. The van der Waals surface area contributed by atoms with Crippen molar-refractivity contribution in [2.45, 2.75) is 96.5 Å². The molecular weight excluding hydrogens is 705 g/mol. The fourth-order valence-corrected chi connectivity index (χ4v) is 7.38. The second kappa shape index (κ2) is 14.7. The molecule has 1 aliphatic carbocycles. The number of imidazole rings is 1. The van der Waals surface area contributed by atoms with Gasteiger partial charge < -0.3 is 25.2 Å².